The molecule has 4 heteroatoms. The highest BCUT2D eigenvalue weighted by molar-refractivity contribution is 9.10. The van der Waals surface area contributed by atoms with Crippen molar-refractivity contribution in [1.82, 2.24) is 0 Å². The van der Waals surface area contributed by atoms with Gasteiger partial charge in [0.25, 0.3) is 0 Å². The summed E-state index contributed by atoms with van der Waals surface area (Å²) in [4.78, 5) is 0. The van der Waals surface area contributed by atoms with E-state index in [4.69, 9.17) is 23.2 Å². The number of hydrogen-bond acceptors (Lipinski definition) is 1. The number of nitrogens with one attached hydrogen (secondary N) is 1. The van der Waals surface area contributed by atoms with E-state index in [-0.39, 0.29) is 0 Å². The predicted molar refractivity (Wildman–Crippen MR) is 82.7 cm³/mol. The normalized spacial score (nSPS) is 10.4. The molecule has 0 atom stereocenters. The van der Waals surface area contributed by atoms with Gasteiger partial charge in [-0.05, 0) is 48.4 Å². The third-order valence-electron chi connectivity index (χ3n) is 2.68. The molecule has 0 unspecified atom stereocenters. The Morgan fingerprint density at radius 2 is 1.89 bits per heavy atom. The molecular formula is C14H12BrCl2N. The molecule has 0 spiro atoms. The standard InChI is InChI=1S/C14H12BrCl2N/c1-9-2-3-11(15)7-14(9)18-8-10-6-12(16)4-5-13(10)17/h2-7,18H,8H2,1H3. The Labute approximate surface area is 125 Å². The number of aryl methyl sites for hydroxylation is 1. The van der Waals surface area contributed by atoms with Crippen LogP contribution in [0.15, 0.2) is 40.9 Å². The summed E-state index contributed by atoms with van der Waals surface area (Å²) in [6.07, 6.45) is 0. The lowest BCUT2D eigenvalue weighted by Gasteiger charge is -2.11. The van der Waals surface area contributed by atoms with E-state index in [0.29, 0.717) is 11.6 Å². The Balaban J connectivity index is 2.16. The zero-order valence-corrected chi connectivity index (χ0v) is 12.9. The number of benzene rings is 2. The molecular weight excluding hydrogens is 333 g/mol. The summed E-state index contributed by atoms with van der Waals surface area (Å²) >= 11 is 15.5. The van der Waals surface area contributed by atoms with Gasteiger partial charge in [-0.1, -0.05) is 45.2 Å². The predicted octanol–water partition coefficient (Wildman–Crippen LogP) is 5.68. The average Bonchev–Trinajstić information content (AvgIpc) is 2.34. The van der Waals surface area contributed by atoms with E-state index in [0.717, 1.165) is 20.7 Å². The fourth-order valence-corrected chi connectivity index (χ4v) is 2.39. The van der Waals surface area contributed by atoms with Crippen molar-refractivity contribution in [1.29, 1.82) is 0 Å². The van der Waals surface area contributed by atoms with E-state index in [9.17, 15) is 0 Å². The lowest BCUT2D eigenvalue weighted by molar-refractivity contribution is 1.14. The summed E-state index contributed by atoms with van der Waals surface area (Å²) < 4.78 is 1.05. The third-order valence-corrected chi connectivity index (χ3v) is 3.77. The highest BCUT2D eigenvalue weighted by Gasteiger charge is 2.03. The summed E-state index contributed by atoms with van der Waals surface area (Å²) in [7, 11) is 0. The first kappa shape index (κ1) is 13.7. The first-order valence-electron chi connectivity index (χ1n) is 5.50. The summed E-state index contributed by atoms with van der Waals surface area (Å²) in [6, 6.07) is 11.6. The van der Waals surface area contributed by atoms with Crippen LogP contribution < -0.4 is 5.32 Å². The number of halogens is 3. The molecule has 94 valence electrons. The van der Waals surface area contributed by atoms with E-state index in [1.165, 1.54) is 5.56 Å². The Morgan fingerprint density at radius 1 is 1.11 bits per heavy atom. The first-order chi connectivity index (χ1) is 8.56. The molecule has 0 radical (unpaired) electrons. The fraction of sp³-hybridized carbons (Fsp3) is 0.143. The average molecular weight is 345 g/mol. The van der Waals surface area contributed by atoms with Crippen molar-refractivity contribution < 1.29 is 0 Å². The summed E-state index contributed by atoms with van der Waals surface area (Å²) in [5.41, 5.74) is 3.26. The van der Waals surface area contributed by atoms with Crippen molar-refractivity contribution in [3.8, 4) is 0 Å². The molecule has 2 aromatic rings. The number of anilines is 1. The highest BCUT2D eigenvalue weighted by atomic mass is 79.9. The van der Waals surface area contributed by atoms with E-state index in [2.05, 4.69) is 34.2 Å². The second-order valence-corrected chi connectivity index (χ2v) is 5.81. The molecule has 0 saturated carbocycles. The second kappa shape index (κ2) is 5.96. The molecule has 0 aliphatic heterocycles. The zero-order valence-electron chi connectivity index (χ0n) is 9.81. The first-order valence-corrected chi connectivity index (χ1v) is 7.05. The van der Waals surface area contributed by atoms with Crippen LogP contribution in [-0.4, -0.2) is 0 Å². The molecule has 1 nitrogen and oxygen atoms in total. The molecule has 0 amide bonds. The third kappa shape index (κ3) is 3.41. The maximum atomic E-state index is 6.13. The summed E-state index contributed by atoms with van der Waals surface area (Å²) in [5, 5.41) is 4.78. The Morgan fingerprint density at radius 3 is 2.67 bits per heavy atom. The van der Waals surface area contributed by atoms with Crippen LogP contribution >= 0.6 is 39.1 Å². The van der Waals surface area contributed by atoms with E-state index < -0.39 is 0 Å². The second-order valence-electron chi connectivity index (χ2n) is 4.05. The van der Waals surface area contributed by atoms with Crippen molar-refractivity contribution >= 4 is 44.8 Å². The lowest BCUT2D eigenvalue weighted by Crippen LogP contribution is -2.01. The van der Waals surface area contributed by atoms with Gasteiger partial charge in [0.1, 0.15) is 0 Å². The molecule has 18 heavy (non-hydrogen) atoms. The van der Waals surface area contributed by atoms with Crippen molar-refractivity contribution in [2.45, 2.75) is 13.5 Å². The van der Waals surface area contributed by atoms with Crippen LogP contribution in [0.5, 0.6) is 0 Å². The van der Waals surface area contributed by atoms with Gasteiger partial charge in [-0.2, -0.15) is 0 Å². The molecule has 0 aromatic heterocycles. The minimum Gasteiger partial charge on any atom is -0.381 e. The van der Waals surface area contributed by atoms with E-state index >= 15 is 0 Å². The lowest BCUT2D eigenvalue weighted by atomic mass is 10.2. The Bertz CT molecular complexity index is 518. The molecule has 1 N–H and O–H groups in total. The maximum Gasteiger partial charge on any atom is 0.0456 e. The number of rotatable bonds is 3. The molecule has 2 rings (SSSR count). The van der Waals surface area contributed by atoms with Gasteiger partial charge >= 0.3 is 0 Å². The molecule has 2 aromatic carbocycles. The molecule has 0 fully saturated rings. The smallest absolute Gasteiger partial charge is 0.0456 e. The van der Waals surface area contributed by atoms with Gasteiger partial charge in [0, 0.05) is 26.8 Å². The van der Waals surface area contributed by atoms with Crippen LogP contribution in [0.1, 0.15) is 11.1 Å². The van der Waals surface area contributed by atoms with Crippen LogP contribution in [-0.2, 0) is 6.54 Å². The quantitative estimate of drug-likeness (QED) is 0.755. The van der Waals surface area contributed by atoms with Crippen molar-refractivity contribution in [2.75, 3.05) is 5.32 Å². The largest absolute Gasteiger partial charge is 0.381 e. The Hall–Kier alpha value is -0.700. The fourth-order valence-electron chi connectivity index (χ4n) is 1.65. The van der Waals surface area contributed by atoms with Gasteiger partial charge < -0.3 is 5.32 Å². The highest BCUT2D eigenvalue weighted by Crippen LogP contribution is 2.24. The molecule has 0 saturated heterocycles. The van der Waals surface area contributed by atoms with Gasteiger partial charge in [-0.15, -0.1) is 0 Å². The summed E-state index contributed by atoms with van der Waals surface area (Å²) in [6.45, 7) is 2.71. The van der Waals surface area contributed by atoms with Crippen LogP contribution in [0.25, 0.3) is 0 Å². The SMILES string of the molecule is Cc1ccc(Br)cc1NCc1cc(Cl)ccc1Cl. The molecule has 0 heterocycles. The zero-order chi connectivity index (χ0) is 13.1. The topological polar surface area (TPSA) is 12.0 Å². The van der Waals surface area contributed by atoms with Crippen molar-refractivity contribution in [3.63, 3.8) is 0 Å². The molecule has 0 aliphatic rings. The van der Waals surface area contributed by atoms with Crippen LogP contribution in [0.3, 0.4) is 0 Å². The van der Waals surface area contributed by atoms with Crippen LogP contribution in [0.4, 0.5) is 5.69 Å². The van der Waals surface area contributed by atoms with E-state index in [1.807, 2.05) is 24.3 Å². The van der Waals surface area contributed by atoms with Crippen molar-refractivity contribution in [2.24, 2.45) is 0 Å². The van der Waals surface area contributed by atoms with Gasteiger partial charge in [-0.25, -0.2) is 0 Å². The van der Waals surface area contributed by atoms with Gasteiger partial charge in [0.05, 0.1) is 0 Å². The minimum absolute atomic E-state index is 0.649. The van der Waals surface area contributed by atoms with Gasteiger partial charge in [0.15, 0.2) is 0 Å². The maximum absolute atomic E-state index is 6.13. The van der Waals surface area contributed by atoms with Crippen molar-refractivity contribution in [3.05, 3.63) is 62.0 Å². The van der Waals surface area contributed by atoms with Crippen LogP contribution in [0, 0.1) is 6.92 Å². The monoisotopic (exact) mass is 343 g/mol. The van der Waals surface area contributed by atoms with Crippen LogP contribution in [0.2, 0.25) is 10.0 Å². The minimum atomic E-state index is 0.649. The Kier molecular flexibility index (Phi) is 4.55. The molecule has 0 aliphatic carbocycles. The summed E-state index contributed by atoms with van der Waals surface area (Å²) in [5.74, 6) is 0. The van der Waals surface area contributed by atoms with E-state index in [1.54, 1.807) is 6.07 Å². The van der Waals surface area contributed by atoms with Gasteiger partial charge in [0.2, 0.25) is 0 Å². The molecule has 0 bridgehead atoms. The number of hydrogen-bond donors (Lipinski definition) is 1. The van der Waals surface area contributed by atoms with Gasteiger partial charge in [-0.3, -0.25) is 0 Å².